The van der Waals surface area contributed by atoms with E-state index in [1.807, 2.05) is 0 Å². The van der Waals surface area contributed by atoms with Crippen LogP contribution in [0.15, 0.2) is 54.6 Å². The molecule has 0 bridgehead atoms. The van der Waals surface area contributed by atoms with Gasteiger partial charge in [-0.3, -0.25) is 24.1 Å². The number of hydrogen-bond acceptors (Lipinski definition) is 11. The average Bonchev–Trinajstić information content (AvgIpc) is 2.98. The van der Waals surface area contributed by atoms with Crippen LogP contribution in [-0.2, 0) is 20.2 Å². The zero-order valence-electron chi connectivity index (χ0n) is 28.2. The maximum Gasteiger partial charge on any atom is 0.336 e. The topological polar surface area (TPSA) is 288 Å². The van der Waals surface area contributed by atoms with Gasteiger partial charge in [0.1, 0.15) is 11.5 Å². The van der Waals surface area contributed by atoms with Gasteiger partial charge in [-0.05, 0) is 67.4 Å². The summed E-state index contributed by atoms with van der Waals surface area (Å²) in [5.74, 6) is -1.85. The van der Waals surface area contributed by atoms with Gasteiger partial charge >= 0.3 is 5.97 Å². The minimum Gasteiger partial charge on any atom is -0.481 e. The number of anilines is 1. The van der Waals surface area contributed by atoms with Crippen LogP contribution in [0.25, 0.3) is 11.1 Å². The van der Waals surface area contributed by atoms with Crippen molar-refractivity contribution in [3.05, 3.63) is 77.0 Å². The minimum atomic E-state index is -3.67. The fourth-order valence-electron chi connectivity index (χ4n) is 4.24. The third-order valence-electron chi connectivity index (χ3n) is 6.09. The molecule has 3 aromatic rings. The number of carbonyl (C=O) groups excluding carboxylic acids is 2. The first-order valence-corrected chi connectivity index (χ1v) is 18.2. The van der Waals surface area contributed by atoms with Gasteiger partial charge in [0.15, 0.2) is 0 Å². The third-order valence-corrected chi connectivity index (χ3v) is 6.09. The Bertz CT molecular complexity index is 1840. The molecule has 0 unspecified atom stereocenters. The Kier molecular flexibility index (Phi) is 16.6. The number of likely N-dealkylation sites (N-methyl/N-ethyl adjacent to an activating group) is 1. The van der Waals surface area contributed by atoms with E-state index in [4.69, 9.17) is 25.0 Å². The summed E-state index contributed by atoms with van der Waals surface area (Å²) in [5, 5.41) is 26.3. The molecule has 0 saturated carbocycles. The lowest BCUT2D eigenvalue weighted by Crippen LogP contribution is -2.42. The Morgan fingerprint density at radius 3 is 1.88 bits per heavy atom. The van der Waals surface area contributed by atoms with Crippen LogP contribution in [0.4, 0.5) is 5.69 Å². The Morgan fingerprint density at radius 1 is 0.900 bits per heavy atom. The predicted octanol–water partition coefficient (Wildman–Crippen LogP) is 2.36. The second kappa shape index (κ2) is 19.3. The van der Waals surface area contributed by atoms with Gasteiger partial charge in [0.2, 0.25) is 5.88 Å². The maximum atomic E-state index is 13.3. The molecule has 1 aromatic heterocycles. The van der Waals surface area contributed by atoms with Crippen LogP contribution < -0.4 is 26.4 Å². The molecule has 0 fully saturated rings. The molecule has 2 amide bonds. The lowest BCUT2D eigenvalue weighted by molar-refractivity contribution is 0.0697. The van der Waals surface area contributed by atoms with Crippen molar-refractivity contribution in [2.45, 2.75) is 26.3 Å². The van der Waals surface area contributed by atoms with Crippen LogP contribution in [0.2, 0.25) is 0 Å². The smallest absolute Gasteiger partial charge is 0.336 e. The fraction of sp³-hybridized carbons (Fsp3) is 0.323. The molecular weight excluding hydrogens is 697 g/mol. The van der Waals surface area contributed by atoms with E-state index in [1.54, 1.807) is 37.4 Å². The van der Waals surface area contributed by atoms with Gasteiger partial charge in [0, 0.05) is 41.0 Å². The molecule has 0 radical (unpaired) electrons. The Labute approximate surface area is 290 Å². The summed E-state index contributed by atoms with van der Waals surface area (Å²) in [5.41, 5.74) is 6.83. The Balaban J connectivity index is 0.00000109. The summed E-state index contributed by atoms with van der Waals surface area (Å²) in [4.78, 5) is 42.9. The van der Waals surface area contributed by atoms with Crippen molar-refractivity contribution in [1.82, 2.24) is 15.6 Å². The number of nitrogens with one attached hydrogen (secondary N) is 4. The van der Waals surface area contributed by atoms with Crippen molar-refractivity contribution < 1.29 is 50.2 Å². The number of pyridine rings is 1. The highest BCUT2D eigenvalue weighted by molar-refractivity contribution is 7.85. The normalized spacial score (nSPS) is 11.5. The lowest BCUT2D eigenvalue weighted by atomic mass is 9.95. The van der Waals surface area contributed by atoms with Gasteiger partial charge in [0.05, 0.1) is 25.2 Å². The van der Waals surface area contributed by atoms with E-state index in [0.717, 1.165) is 6.42 Å². The van der Waals surface area contributed by atoms with Crippen molar-refractivity contribution in [1.29, 1.82) is 5.41 Å². The number of nitrogen functional groups attached to an aromatic ring is 1. The van der Waals surface area contributed by atoms with Gasteiger partial charge in [-0.15, -0.1) is 0 Å². The number of carboxylic acids is 1. The van der Waals surface area contributed by atoms with Gasteiger partial charge in [-0.25, -0.2) is 9.78 Å². The SMILES string of the molecule is CNC[C@H](CC(C)C)NC(=O)c1ccc(-c2ccc(OC)nc2C(=O)Nc2ccc(C(=N)N)cc2)c(C(=O)O)c1.CS(=O)(=O)O.CS(=O)(=O)O. The summed E-state index contributed by atoms with van der Waals surface area (Å²) in [6.45, 7) is 4.69. The highest BCUT2D eigenvalue weighted by Gasteiger charge is 2.23. The zero-order valence-corrected chi connectivity index (χ0v) is 29.8. The van der Waals surface area contributed by atoms with Crippen molar-refractivity contribution in [3.63, 3.8) is 0 Å². The molecule has 0 aliphatic carbocycles. The summed E-state index contributed by atoms with van der Waals surface area (Å²) in [6, 6.07) is 13.6. The molecule has 1 atom stereocenters. The second-order valence-electron chi connectivity index (χ2n) is 11.1. The van der Waals surface area contributed by atoms with E-state index in [1.165, 1.54) is 31.4 Å². The number of methoxy groups -OCH3 is 1. The molecule has 2 aromatic carbocycles. The molecule has 9 N–H and O–H groups in total. The van der Waals surface area contributed by atoms with E-state index < -0.39 is 38.0 Å². The average molecular weight is 739 g/mol. The number of aromatic carboxylic acids is 1. The van der Waals surface area contributed by atoms with Crippen LogP contribution in [0, 0.1) is 11.3 Å². The number of rotatable bonds is 12. The fourth-order valence-corrected chi connectivity index (χ4v) is 4.24. The van der Waals surface area contributed by atoms with Gasteiger partial charge in [-0.2, -0.15) is 16.8 Å². The number of nitrogens with two attached hydrogens (primary N) is 1. The van der Waals surface area contributed by atoms with Gasteiger partial charge < -0.3 is 31.5 Å². The van der Waals surface area contributed by atoms with Crippen molar-refractivity contribution >= 4 is 49.5 Å². The molecule has 0 spiro atoms. The summed E-state index contributed by atoms with van der Waals surface area (Å²) < 4.78 is 56.9. The van der Waals surface area contributed by atoms with E-state index in [2.05, 4.69) is 34.8 Å². The zero-order chi connectivity index (χ0) is 38.4. The van der Waals surface area contributed by atoms with Crippen LogP contribution >= 0.6 is 0 Å². The standard InChI is InChI=1S/C29H34N6O5.2CH4O3S/c1-16(2)13-20(15-32-3)34-27(36)18-7-10-21(23(14-18)29(38)39)22-11-12-24(40-4)35-25(22)28(37)33-19-8-5-17(6-9-19)26(30)31;2*1-5(2,3)4/h5-12,14,16,20,32H,13,15H2,1-4H3,(H3,30,31)(H,33,37)(H,34,36)(H,38,39);2*1H3,(H,2,3,4)/t20-;;/m0../s1. The number of aromatic nitrogens is 1. The number of amides is 2. The molecule has 3 rings (SSSR count). The number of benzene rings is 2. The number of ether oxygens (including phenoxy) is 1. The van der Waals surface area contributed by atoms with E-state index in [9.17, 15) is 36.3 Å². The lowest BCUT2D eigenvalue weighted by Gasteiger charge is -2.21. The summed E-state index contributed by atoms with van der Waals surface area (Å²) in [7, 11) is -4.13. The summed E-state index contributed by atoms with van der Waals surface area (Å²) in [6.07, 6.45) is 2.18. The number of carboxylic acid groups (broad SMARTS) is 1. The second-order valence-corrected chi connectivity index (χ2v) is 14.0. The van der Waals surface area contributed by atoms with Gasteiger partial charge in [-0.1, -0.05) is 19.9 Å². The van der Waals surface area contributed by atoms with Gasteiger partial charge in [0.25, 0.3) is 32.1 Å². The largest absolute Gasteiger partial charge is 0.481 e. The third kappa shape index (κ3) is 16.4. The number of nitrogens with zero attached hydrogens (tertiary/aromatic N) is 1. The van der Waals surface area contributed by atoms with Crippen molar-refractivity contribution in [2.75, 3.05) is 38.5 Å². The van der Waals surface area contributed by atoms with E-state index in [0.29, 0.717) is 36.2 Å². The quantitative estimate of drug-likeness (QED) is 0.0752. The highest BCUT2D eigenvalue weighted by Crippen LogP contribution is 2.30. The first kappa shape index (κ1) is 43.1. The van der Waals surface area contributed by atoms with Crippen LogP contribution in [0.3, 0.4) is 0 Å². The van der Waals surface area contributed by atoms with Crippen LogP contribution in [0.5, 0.6) is 5.88 Å². The Hall–Kier alpha value is -4.95. The van der Waals surface area contributed by atoms with E-state index in [-0.39, 0.29) is 45.7 Å². The molecule has 274 valence electrons. The number of carbonyl (C=O) groups is 3. The van der Waals surface area contributed by atoms with Crippen molar-refractivity contribution in [3.8, 4) is 17.0 Å². The molecule has 1 heterocycles. The first-order chi connectivity index (χ1) is 23.0. The Morgan fingerprint density at radius 2 is 1.42 bits per heavy atom. The maximum absolute atomic E-state index is 13.3. The van der Waals surface area contributed by atoms with Crippen LogP contribution in [-0.4, -0.2) is 98.9 Å². The number of hydrogen-bond donors (Lipinski definition) is 8. The molecule has 50 heavy (non-hydrogen) atoms. The molecule has 17 nitrogen and oxygen atoms in total. The first-order valence-electron chi connectivity index (χ1n) is 14.5. The van der Waals surface area contributed by atoms with Crippen molar-refractivity contribution in [2.24, 2.45) is 11.7 Å². The molecule has 0 aliphatic heterocycles. The predicted molar refractivity (Wildman–Crippen MR) is 188 cm³/mol. The van der Waals surface area contributed by atoms with Crippen LogP contribution in [0.1, 0.15) is 57.0 Å². The highest BCUT2D eigenvalue weighted by atomic mass is 32.2. The molecular formula is C31H42N6O11S2. The minimum absolute atomic E-state index is 0.0688. The summed E-state index contributed by atoms with van der Waals surface area (Å²) >= 11 is 0. The molecule has 0 saturated heterocycles. The van der Waals surface area contributed by atoms with E-state index >= 15 is 0 Å². The monoisotopic (exact) mass is 738 g/mol. The molecule has 19 heteroatoms. The molecule has 0 aliphatic rings. The number of amidine groups is 1.